The van der Waals surface area contributed by atoms with Gasteiger partial charge in [0.2, 0.25) is 0 Å². The molecule has 0 saturated carbocycles. The average molecular weight is 479 g/mol. The summed E-state index contributed by atoms with van der Waals surface area (Å²) in [5, 5.41) is 3.27. The number of aromatic amines is 1. The van der Waals surface area contributed by atoms with Crippen molar-refractivity contribution in [3.8, 4) is 0 Å². The number of hydrogen-bond acceptors (Lipinski definition) is 1. The standard InChI is InChI=1S/C19H13BrF6N2O/c20-14-1-2-16-15(8-14)10(9-28-16)3-4-27-17(29)11-5-12(18(21,22)23)7-13(6-11)19(24,25)26/h1-2,5-9,28H,3-4H2,(H,27,29). The smallest absolute Gasteiger partial charge is 0.361 e. The molecule has 0 bridgehead atoms. The van der Waals surface area contributed by atoms with E-state index in [0.717, 1.165) is 20.9 Å². The third-order valence-corrected chi connectivity index (χ3v) is 4.75. The fraction of sp³-hybridized carbons (Fsp3) is 0.211. The van der Waals surface area contributed by atoms with Crippen LogP contribution in [-0.2, 0) is 18.8 Å². The Morgan fingerprint density at radius 1 is 0.966 bits per heavy atom. The first-order valence-corrected chi connectivity index (χ1v) is 9.07. The van der Waals surface area contributed by atoms with Crippen molar-refractivity contribution in [3.05, 3.63) is 69.3 Å². The van der Waals surface area contributed by atoms with Crippen molar-refractivity contribution in [3.63, 3.8) is 0 Å². The monoisotopic (exact) mass is 478 g/mol. The Balaban J connectivity index is 1.77. The van der Waals surface area contributed by atoms with E-state index in [2.05, 4.69) is 26.2 Å². The summed E-state index contributed by atoms with van der Waals surface area (Å²) >= 11 is 3.35. The van der Waals surface area contributed by atoms with Crippen molar-refractivity contribution in [2.75, 3.05) is 6.54 Å². The Morgan fingerprint density at radius 3 is 2.17 bits per heavy atom. The third kappa shape index (κ3) is 4.92. The van der Waals surface area contributed by atoms with Crippen LogP contribution in [0.1, 0.15) is 27.0 Å². The SMILES string of the molecule is O=C(NCCc1c[nH]c2ccc(Br)cc12)c1cc(C(F)(F)F)cc(C(F)(F)F)c1. The second-order valence-electron chi connectivity index (χ2n) is 6.30. The van der Waals surface area contributed by atoms with Gasteiger partial charge in [0.25, 0.3) is 5.91 Å². The van der Waals surface area contributed by atoms with Crippen LogP contribution in [0.2, 0.25) is 0 Å². The van der Waals surface area contributed by atoms with Gasteiger partial charge in [-0.2, -0.15) is 26.3 Å². The number of rotatable bonds is 4. The number of fused-ring (bicyclic) bond motifs is 1. The van der Waals surface area contributed by atoms with Gasteiger partial charge in [0.05, 0.1) is 11.1 Å². The Bertz CT molecular complexity index is 1020. The molecule has 154 valence electrons. The van der Waals surface area contributed by atoms with Gasteiger partial charge in [-0.05, 0) is 48.4 Å². The summed E-state index contributed by atoms with van der Waals surface area (Å²) in [4.78, 5) is 15.2. The highest BCUT2D eigenvalue weighted by Gasteiger charge is 2.37. The average Bonchev–Trinajstić information content (AvgIpc) is 3.02. The van der Waals surface area contributed by atoms with Gasteiger partial charge in [-0.25, -0.2) is 0 Å². The van der Waals surface area contributed by atoms with Gasteiger partial charge in [-0.15, -0.1) is 0 Å². The van der Waals surface area contributed by atoms with E-state index in [4.69, 9.17) is 0 Å². The third-order valence-electron chi connectivity index (χ3n) is 4.26. The number of nitrogens with one attached hydrogen (secondary N) is 2. The van der Waals surface area contributed by atoms with Crippen molar-refractivity contribution in [1.82, 2.24) is 10.3 Å². The molecule has 10 heteroatoms. The first-order chi connectivity index (χ1) is 13.4. The maximum Gasteiger partial charge on any atom is 0.416 e. The maximum atomic E-state index is 12.9. The lowest BCUT2D eigenvalue weighted by Crippen LogP contribution is -2.26. The molecule has 0 atom stereocenters. The molecule has 0 aliphatic rings. The number of H-pyrrole nitrogens is 1. The quantitative estimate of drug-likeness (QED) is 0.447. The van der Waals surface area contributed by atoms with Gasteiger partial charge < -0.3 is 10.3 Å². The minimum absolute atomic E-state index is 0.0133. The summed E-state index contributed by atoms with van der Waals surface area (Å²) in [6, 6.07) is 6.37. The number of alkyl halides is 6. The van der Waals surface area contributed by atoms with Crippen LogP contribution in [-0.4, -0.2) is 17.4 Å². The van der Waals surface area contributed by atoms with Gasteiger partial charge >= 0.3 is 12.4 Å². The molecule has 0 aliphatic carbocycles. The molecular weight excluding hydrogens is 466 g/mol. The highest BCUT2D eigenvalue weighted by molar-refractivity contribution is 9.10. The van der Waals surface area contributed by atoms with E-state index in [1.807, 2.05) is 18.2 Å². The number of halogens is 7. The van der Waals surface area contributed by atoms with Gasteiger partial charge in [-0.3, -0.25) is 4.79 Å². The number of carbonyl (C=O) groups is 1. The first-order valence-electron chi connectivity index (χ1n) is 8.28. The minimum atomic E-state index is -5.01. The number of aromatic nitrogens is 1. The Morgan fingerprint density at radius 2 is 1.59 bits per heavy atom. The maximum absolute atomic E-state index is 12.9. The summed E-state index contributed by atoms with van der Waals surface area (Å²) in [6.45, 7) is 0.0376. The van der Waals surface area contributed by atoms with Crippen LogP contribution in [0, 0.1) is 0 Å². The fourth-order valence-electron chi connectivity index (χ4n) is 2.86. The van der Waals surface area contributed by atoms with E-state index in [-0.39, 0.29) is 12.6 Å². The number of carbonyl (C=O) groups excluding carboxylic acids is 1. The summed E-state index contributed by atoms with van der Waals surface area (Å²) in [6.07, 6.45) is -7.94. The van der Waals surface area contributed by atoms with E-state index in [1.165, 1.54) is 0 Å². The molecule has 1 amide bonds. The summed E-state index contributed by atoms with van der Waals surface area (Å²) in [7, 11) is 0. The summed E-state index contributed by atoms with van der Waals surface area (Å²) in [5.74, 6) is -1.01. The highest BCUT2D eigenvalue weighted by atomic mass is 79.9. The molecule has 29 heavy (non-hydrogen) atoms. The van der Waals surface area contributed by atoms with Crippen LogP contribution >= 0.6 is 15.9 Å². The van der Waals surface area contributed by atoms with E-state index in [9.17, 15) is 31.1 Å². The molecule has 3 nitrogen and oxygen atoms in total. The first kappa shape index (κ1) is 21.2. The van der Waals surface area contributed by atoms with E-state index >= 15 is 0 Å². The largest absolute Gasteiger partial charge is 0.416 e. The molecule has 1 heterocycles. The van der Waals surface area contributed by atoms with Crippen LogP contribution in [0.4, 0.5) is 26.3 Å². The number of benzene rings is 2. The van der Waals surface area contributed by atoms with Crippen LogP contribution in [0.3, 0.4) is 0 Å². The van der Waals surface area contributed by atoms with Crippen LogP contribution in [0.15, 0.2) is 47.1 Å². The molecule has 3 aromatic rings. The van der Waals surface area contributed by atoms with Crippen LogP contribution in [0.5, 0.6) is 0 Å². The minimum Gasteiger partial charge on any atom is -0.361 e. The zero-order valence-corrected chi connectivity index (χ0v) is 16.1. The van der Waals surface area contributed by atoms with Crippen LogP contribution < -0.4 is 5.32 Å². The lowest BCUT2D eigenvalue weighted by Gasteiger charge is -2.14. The zero-order valence-electron chi connectivity index (χ0n) is 14.5. The van der Waals surface area contributed by atoms with E-state index in [1.54, 1.807) is 6.20 Å². The van der Waals surface area contributed by atoms with E-state index < -0.39 is 35.0 Å². The molecule has 0 unspecified atom stereocenters. The van der Waals surface area contributed by atoms with Gasteiger partial charge in [-0.1, -0.05) is 15.9 Å². The molecule has 0 radical (unpaired) electrons. The second-order valence-corrected chi connectivity index (χ2v) is 7.22. The fourth-order valence-corrected chi connectivity index (χ4v) is 3.22. The molecule has 1 aromatic heterocycles. The molecule has 0 aliphatic heterocycles. The molecule has 2 N–H and O–H groups in total. The van der Waals surface area contributed by atoms with Gasteiger partial charge in [0.1, 0.15) is 0 Å². The van der Waals surface area contributed by atoms with Gasteiger partial charge in [0, 0.05) is 33.7 Å². The lowest BCUT2D eigenvalue weighted by atomic mass is 10.0. The normalized spacial score (nSPS) is 12.4. The predicted octanol–water partition coefficient (Wildman–Crippen LogP) is 5.94. The van der Waals surface area contributed by atoms with E-state index in [0.29, 0.717) is 18.6 Å². The molecule has 0 fully saturated rings. The van der Waals surface area contributed by atoms with Gasteiger partial charge in [0.15, 0.2) is 0 Å². The van der Waals surface area contributed by atoms with Crippen molar-refractivity contribution in [2.45, 2.75) is 18.8 Å². The Kier molecular flexibility index (Phi) is 5.66. The van der Waals surface area contributed by atoms with Crippen LogP contribution in [0.25, 0.3) is 10.9 Å². The van der Waals surface area contributed by atoms with Crippen molar-refractivity contribution >= 4 is 32.7 Å². The Labute approximate surface area is 169 Å². The predicted molar refractivity (Wildman–Crippen MR) is 98.5 cm³/mol. The van der Waals surface area contributed by atoms with Crippen molar-refractivity contribution < 1.29 is 31.1 Å². The molecule has 3 rings (SSSR count). The van der Waals surface area contributed by atoms with Crippen molar-refractivity contribution in [2.24, 2.45) is 0 Å². The zero-order chi connectivity index (χ0) is 21.4. The summed E-state index contributed by atoms with van der Waals surface area (Å²) < 4.78 is 78.3. The molecule has 2 aromatic carbocycles. The molecule has 0 spiro atoms. The summed E-state index contributed by atoms with van der Waals surface area (Å²) in [5.41, 5.74) is -2.05. The second kappa shape index (κ2) is 7.74. The Hall–Kier alpha value is -2.49. The highest BCUT2D eigenvalue weighted by Crippen LogP contribution is 2.36. The lowest BCUT2D eigenvalue weighted by molar-refractivity contribution is -0.143. The molecular formula is C19H13BrF6N2O. The van der Waals surface area contributed by atoms with Crippen molar-refractivity contribution in [1.29, 1.82) is 0 Å². The molecule has 0 saturated heterocycles. The number of amides is 1. The number of hydrogen-bond donors (Lipinski definition) is 2. The topological polar surface area (TPSA) is 44.9 Å².